The van der Waals surface area contributed by atoms with Crippen molar-refractivity contribution in [1.82, 2.24) is 0 Å². The summed E-state index contributed by atoms with van der Waals surface area (Å²) >= 11 is 0. The fourth-order valence-electron chi connectivity index (χ4n) is 1.84. The molecule has 6 heteroatoms. The molecule has 1 aromatic carbocycles. The lowest BCUT2D eigenvalue weighted by atomic mass is 10.1. The number of ether oxygens (including phenoxy) is 1. The van der Waals surface area contributed by atoms with E-state index in [1.807, 2.05) is 6.07 Å². The van der Waals surface area contributed by atoms with Gasteiger partial charge in [0.15, 0.2) is 0 Å². The smallest absolute Gasteiger partial charge is 0.238 e. The highest BCUT2D eigenvalue weighted by atomic mass is 32.2. The first-order valence-corrected chi connectivity index (χ1v) is 7.07. The van der Waals surface area contributed by atoms with E-state index < -0.39 is 10.0 Å². The van der Waals surface area contributed by atoms with Gasteiger partial charge >= 0.3 is 0 Å². The minimum atomic E-state index is -3.63. The number of nitrogens with two attached hydrogens (primary N) is 1. The maximum absolute atomic E-state index is 11.2. The summed E-state index contributed by atoms with van der Waals surface area (Å²) in [7, 11) is -3.63. The van der Waals surface area contributed by atoms with Crippen molar-refractivity contribution in [1.29, 1.82) is 0 Å². The zero-order chi connectivity index (χ0) is 12.3. The predicted octanol–water partition coefficient (Wildman–Crippen LogP) is 0.925. The molecule has 1 fully saturated rings. The Hall–Kier alpha value is -1.11. The molecule has 1 heterocycles. The Bertz CT molecular complexity index is 481. The molecule has 0 saturated carbocycles. The molecule has 2 rings (SSSR count). The van der Waals surface area contributed by atoms with Crippen LogP contribution in [0.3, 0.4) is 0 Å². The van der Waals surface area contributed by atoms with E-state index in [-0.39, 0.29) is 4.90 Å². The Kier molecular flexibility index (Phi) is 3.66. The van der Waals surface area contributed by atoms with Gasteiger partial charge in [-0.25, -0.2) is 13.6 Å². The molecular formula is C11H16N2O3S. The number of benzene rings is 1. The van der Waals surface area contributed by atoms with Gasteiger partial charge in [-0.05, 0) is 31.0 Å². The third kappa shape index (κ3) is 3.42. The lowest BCUT2D eigenvalue weighted by Crippen LogP contribution is -2.27. The molecule has 0 radical (unpaired) electrons. The second-order valence-corrected chi connectivity index (χ2v) is 5.67. The van der Waals surface area contributed by atoms with Gasteiger partial charge in [-0.1, -0.05) is 6.07 Å². The van der Waals surface area contributed by atoms with Crippen LogP contribution in [0.4, 0.5) is 5.69 Å². The molecule has 0 spiro atoms. The highest BCUT2D eigenvalue weighted by Gasteiger charge is 2.14. The highest BCUT2D eigenvalue weighted by molar-refractivity contribution is 7.89. The topological polar surface area (TPSA) is 81.4 Å². The van der Waals surface area contributed by atoms with E-state index >= 15 is 0 Å². The predicted molar refractivity (Wildman–Crippen MR) is 65.3 cm³/mol. The Morgan fingerprint density at radius 1 is 1.29 bits per heavy atom. The number of hydrogen-bond donors (Lipinski definition) is 2. The molecule has 0 aromatic heterocycles. The molecule has 1 saturated heterocycles. The standard InChI is InChI=1S/C11H16N2O3S/c12-17(14,15)11-3-1-2-10(8-11)13-9-4-6-16-7-5-9/h1-3,8-9,13H,4-7H2,(H2,12,14,15). The molecule has 0 bridgehead atoms. The van der Waals surface area contributed by atoms with Crippen LogP contribution in [0.2, 0.25) is 0 Å². The molecule has 0 atom stereocenters. The summed E-state index contributed by atoms with van der Waals surface area (Å²) in [4.78, 5) is 0.134. The molecule has 94 valence electrons. The molecular weight excluding hydrogens is 240 g/mol. The average molecular weight is 256 g/mol. The normalized spacial score (nSPS) is 17.9. The minimum Gasteiger partial charge on any atom is -0.382 e. The molecule has 1 aromatic rings. The number of anilines is 1. The summed E-state index contributed by atoms with van der Waals surface area (Å²) in [5.74, 6) is 0. The molecule has 0 unspecified atom stereocenters. The lowest BCUT2D eigenvalue weighted by molar-refractivity contribution is 0.0904. The number of rotatable bonds is 3. The van der Waals surface area contributed by atoms with Crippen molar-refractivity contribution in [2.24, 2.45) is 5.14 Å². The van der Waals surface area contributed by atoms with Gasteiger partial charge in [-0.3, -0.25) is 0 Å². The number of sulfonamides is 1. The van der Waals surface area contributed by atoms with Gasteiger partial charge in [0.1, 0.15) is 0 Å². The Balaban J connectivity index is 2.11. The molecule has 3 N–H and O–H groups in total. The van der Waals surface area contributed by atoms with Crippen molar-refractivity contribution in [2.75, 3.05) is 18.5 Å². The first kappa shape index (κ1) is 12.3. The van der Waals surface area contributed by atoms with Crippen LogP contribution < -0.4 is 10.5 Å². The van der Waals surface area contributed by atoms with Gasteiger partial charge in [-0.15, -0.1) is 0 Å². The summed E-state index contributed by atoms with van der Waals surface area (Å²) in [6.07, 6.45) is 1.86. The maximum Gasteiger partial charge on any atom is 0.238 e. The van der Waals surface area contributed by atoms with Gasteiger partial charge in [0.05, 0.1) is 4.90 Å². The molecule has 5 nitrogen and oxygen atoms in total. The van der Waals surface area contributed by atoms with Gasteiger partial charge in [0.25, 0.3) is 0 Å². The molecule has 0 amide bonds. The van der Waals surface area contributed by atoms with Gasteiger partial charge < -0.3 is 10.1 Å². The van der Waals surface area contributed by atoms with Crippen LogP contribution in [-0.2, 0) is 14.8 Å². The lowest BCUT2D eigenvalue weighted by Gasteiger charge is -2.24. The van der Waals surface area contributed by atoms with Gasteiger partial charge in [-0.2, -0.15) is 0 Å². The van der Waals surface area contributed by atoms with Crippen LogP contribution in [0, 0.1) is 0 Å². The van der Waals surface area contributed by atoms with Crippen molar-refractivity contribution >= 4 is 15.7 Å². The van der Waals surface area contributed by atoms with E-state index in [1.54, 1.807) is 12.1 Å². The second kappa shape index (κ2) is 5.03. The van der Waals surface area contributed by atoms with E-state index in [4.69, 9.17) is 9.88 Å². The van der Waals surface area contributed by atoms with Gasteiger partial charge in [0.2, 0.25) is 10.0 Å². The molecule has 0 aliphatic carbocycles. The van der Waals surface area contributed by atoms with E-state index in [0.717, 1.165) is 31.7 Å². The van der Waals surface area contributed by atoms with Crippen LogP contribution in [0.25, 0.3) is 0 Å². The van der Waals surface area contributed by atoms with E-state index in [1.165, 1.54) is 6.07 Å². The van der Waals surface area contributed by atoms with Gasteiger partial charge in [0, 0.05) is 24.9 Å². The summed E-state index contributed by atoms with van der Waals surface area (Å²) in [6.45, 7) is 1.49. The molecule has 1 aliphatic heterocycles. The monoisotopic (exact) mass is 256 g/mol. The first-order valence-electron chi connectivity index (χ1n) is 5.53. The van der Waals surface area contributed by atoms with Crippen molar-refractivity contribution < 1.29 is 13.2 Å². The van der Waals surface area contributed by atoms with Crippen molar-refractivity contribution in [3.63, 3.8) is 0 Å². The van der Waals surface area contributed by atoms with E-state index in [2.05, 4.69) is 5.32 Å². The number of nitrogens with one attached hydrogen (secondary N) is 1. The van der Waals surface area contributed by atoms with Crippen molar-refractivity contribution in [3.05, 3.63) is 24.3 Å². The Morgan fingerprint density at radius 2 is 2.00 bits per heavy atom. The number of hydrogen-bond acceptors (Lipinski definition) is 4. The zero-order valence-electron chi connectivity index (χ0n) is 9.43. The second-order valence-electron chi connectivity index (χ2n) is 4.10. The van der Waals surface area contributed by atoms with Crippen LogP contribution in [0.1, 0.15) is 12.8 Å². The summed E-state index contributed by atoms with van der Waals surface area (Å²) in [5, 5.41) is 8.38. The van der Waals surface area contributed by atoms with Crippen LogP contribution in [-0.4, -0.2) is 27.7 Å². The third-order valence-electron chi connectivity index (χ3n) is 2.75. The van der Waals surface area contributed by atoms with E-state index in [9.17, 15) is 8.42 Å². The highest BCUT2D eigenvalue weighted by Crippen LogP contribution is 2.18. The van der Waals surface area contributed by atoms with Crippen LogP contribution in [0.15, 0.2) is 29.2 Å². The summed E-state index contributed by atoms with van der Waals surface area (Å²) < 4.78 is 27.7. The average Bonchev–Trinajstić information content (AvgIpc) is 2.29. The molecule has 17 heavy (non-hydrogen) atoms. The quantitative estimate of drug-likeness (QED) is 0.842. The Morgan fingerprint density at radius 3 is 2.65 bits per heavy atom. The maximum atomic E-state index is 11.2. The fraction of sp³-hybridized carbons (Fsp3) is 0.455. The largest absolute Gasteiger partial charge is 0.382 e. The van der Waals surface area contributed by atoms with Crippen LogP contribution >= 0.6 is 0 Å². The first-order chi connectivity index (χ1) is 8.05. The minimum absolute atomic E-state index is 0.134. The van der Waals surface area contributed by atoms with Crippen LogP contribution in [0.5, 0.6) is 0 Å². The molecule has 1 aliphatic rings. The zero-order valence-corrected chi connectivity index (χ0v) is 10.2. The van der Waals surface area contributed by atoms with Crippen molar-refractivity contribution in [3.8, 4) is 0 Å². The van der Waals surface area contributed by atoms with Crippen molar-refractivity contribution in [2.45, 2.75) is 23.8 Å². The number of primary sulfonamides is 1. The third-order valence-corrected chi connectivity index (χ3v) is 3.67. The summed E-state index contributed by atoms with van der Waals surface area (Å²) in [5.41, 5.74) is 0.781. The van der Waals surface area contributed by atoms with E-state index in [0.29, 0.717) is 6.04 Å². The fourth-order valence-corrected chi connectivity index (χ4v) is 2.40. The summed E-state index contributed by atoms with van der Waals surface area (Å²) in [6, 6.07) is 6.90. The Labute approximate surface area is 101 Å². The SMILES string of the molecule is NS(=O)(=O)c1cccc(NC2CCOCC2)c1.